The second-order valence-electron chi connectivity index (χ2n) is 4.89. The van der Waals surface area contributed by atoms with Gasteiger partial charge in [0, 0.05) is 12.3 Å². The second kappa shape index (κ2) is 7.77. The third kappa shape index (κ3) is 4.44. The zero-order valence-corrected chi connectivity index (χ0v) is 14.0. The number of nitrogens with one attached hydrogen (secondary N) is 1. The minimum Gasteiger partial charge on any atom is -0.394 e. The fourth-order valence-corrected chi connectivity index (χ4v) is 5.31. The standard InChI is InChI=1S/C12H17N2O8PS/c1-2-5-21-9-10(24-23(18,19)20)7(6-15)22-11(9)14-4-3-8(16)13-12(14)17/h1,3-4,7,9-11,15,18-20,24H,5-6H2,(H,13,16,17)/t7-,9+,10+,11-/m1/s1. The summed E-state index contributed by atoms with van der Waals surface area (Å²) in [6, 6.07) is 1.10. The molecule has 1 aromatic rings. The van der Waals surface area contributed by atoms with Gasteiger partial charge in [0.2, 0.25) is 0 Å². The van der Waals surface area contributed by atoms with Gasteiger partial charge in [-0.25, -0.2) is 4.79 Å². The molecule has 0 radical (unpaired) electrons. The van der Waals surface area contributed by atoms with Gasteiger partial charge in [-0.1, -0.05) is 5.92 Å². The molecule has 0 saturated carbocycles. The van der Waals surface area contributed by atoms with Crippen molar-refractivity contribution in [1.29, 1.82) is 0 Å². The second-order valence-corrected chi connectivity index (χ2v) is 9.09. The number of nitrogens with zero attached hydrogens (tertiary/aromatic N) is 1. The van der Waals surface area contributed by atoms with Gasteiger partial charge >= 0.3 is 5.69 Å². The number of hydrogen-bond donors (Lipinski definition) is 6. The van der Waals surface area contributed by atoms with Gasteiger partial charge in [-0.05, 0) is 0 Å². The highest BCUT2D eigenvalue weighted by atomic mass is 32.5. The van der Waals surface area contributed by atoms with Gasteiger partial charge in [-0.15, -0.1) is 17.4 Å². The van der Waals surface area contributed by atoms with Crippen molar-refractivity contribution in [3.8, 4) is 12.3 Å². The molecule has 2 heterocycles. The van der Waals surface area contributed by atoms with Crippen LogP contribution >= 0.6 is 6.72 Å². The Labute approximate surface area is 139 Å². The molecule has 1 aliphatic heterocycles. The Bertz CT molecular complexity index is 785. The lowest BCUT2D eigenvalue weighted by atomic mass is 10.2. The summed E-state index contributed by atoms with van der Waals surface area (Å²) in [7, 11) is -0.207. The summed E-state index contributed by atoms with van der Waals surface area (Å²) in [5.41, 5.74) is -1.37. The molecule has 0 unspecified atom stereocenters. The van der Waals surface area contributed by atoms with Crippen LogP contribution < -0.4 is 11.2 Å². The number of aromatic nitrogens is 2. The normalized spacial score (nSPS) is 27.1. The highest BCUT2D eigenvalue weighted by Gasteiger charge is 2.46. The summed E-state index contributed by atoms with van der Waals surface area (Å²) < 4.78 is 12.0. The van der Waals surface area contributed by atoms with Crippen LogP contribution in [0.15, 0.2) is 21.9 Å². The lowest BCUT2D eigenvalue weighted by Crippen LogP contribution is -2.39. The molecule has 0 spiro atoms. The van der Waals surface area contributed by atoms with Crippen molar-refractivity contribution in [2.24, 2.45) is 0 Å². The number of H-pyrrole nitrogens is 1. The van der Waals surface area contributed by atoms with E-state index >= 15 is 0 Å². The van der Waals surface area contributed by atoms with E-state index in [1.54, 1.807) is 0 Å². The number of terminal acetylenes is 1. The monoisotopic (exact) mass is 380 g/mol. The molecule has 12 heteroatoms. The number of aromatic amines is 1. The van der Waals surface area contributed by atoms with E-state index in [9.17, 15) is 29.4 Å². The SMILES string of the molecule is C#CCO[C@H]1[C@@H]([SH]=P(O)(O)O)[C@@H](CO)O[C@H]1n1ccc(=O)[nH]c1=O. The van der Waals surface area contributed by atoms with E-state index in [1.807, 2.05) is 0 Å². The summed E-state index contributed by atoms with van der Waals surface area (Å²) in [6.07, 6.45) is 3.36. The quantitative estimate of drug-likeness (QED) is 0.183. The van der Waals surface area contributed by atoms with Crippen LogP contribution in [0.2, 0.25) is 0 Å². The van der Waals surface area contributed by atoms with E-state index in [0.29, 0.717) is 0 Å². The Morgan fingerprint density at radius 1 is 1.46 bits per heavy atom. The van der Waals surface area contributed by atoms with Crippen LogP contribution in [0.4, 0.5) is 0 Å². The molecular formula is C12H17N2O8PS. The smallest absolute Gasteiger partial charge is 0.330 e. The highest BCUT2D eigenvalue weighted by molar-refractivity contribution is 8.16. The molecule has 1 saturated heterocycles. The minimum absolute atomic E-state index is 0.166. The van der Waals surface area contributed by atoms with Gasteiger partial charge < -0.3 is 29.3 Å². The molecule has 24 heavy (non-hydrogen) atoms. The van der Waals surface area contributed by atoms with E-state index in [-0.39, 0.29) is 17.5 Å². The van der Waals surface area contributed by atoms with Crippen molar-refractivity contribution in [3.05, 3.63) is 33.1 Å². The van der Waals surface area contributed by atoms with Crippen LogP contribution in [0.3, 0.4) is 0 Å². The van der Waals surface area contributed by atoms with Gasteiger partial charge in [0.1, 0.15) is 12.7 Å². The van der Waals surface area contributed by atoms with Crippen molar-refractivity contribution in [2.75, 3.05) is 13.2 Å². The number of hydrogen-bond acceptors (Lipinski definition) is 5. The van der Waals surface area contributed by atoms with Crippen LogP contribution in [0.25, 0.3) is 0 Å². The number of ether oxygens (including phenoxy) is 2. The van der Waals surface area contributed by atoms with Crippen molar-refractivity contribution < 1.29 is 29.3 Å². The van der Waals surface area contributed by atoms with Crippen molar-refractivity contribution in [3.63, 3.8) is 0 Å². The molecule has 0 aromatic carbocycles. The van der Waals surface area contributed by atoms with Crippen molar-refractivity contribution in [1.82, 2.24) is 9.55 Å². The molecule has 5 N–H and O–H groups in total. The van der Waals surface area contributed by atoms with Crippen molar-refractivity contribution >= 4 is 17.7 Å². The Kier molecular flexibility index (Phi) is 6.19. The Morgan fingerprint density at radius 3 is 2.71 bits per heavy atom. The molecular weight excluding hydrogens is 363 g/mol. The fourth-order valence-electron chi connectivity index (χ4n) is 2.36. The molecule has 10 nitrogen and oxygen atoms in total. The van der Waals surface area contributed by atoms with Crippen molar-refractivity contribution in [2.45, 2.75) is 23.7 Å². The first-order chi connectivity index (χ1) is 11.3. The van der Waals surface area contributed by atoms with Gasteiger partial charge in [-0.2, -0.15) is 0 Å². The Balaban J connectivity index is 2.48. The van der Waals surface area contributed by atoms with E-state index in [1.165, 1.54) is 6.20 Å². The molecule has 0 amide bonds. The minimum atomic E-state index is -4.22. The highest BCUT2D eigenvalue weighted by Crippen LogP contribution is 2.39. The molecule has 0 aliphatic carbocycles. The van der Waals surface area contributed by atoms with Crippen LogP contribution in [0, 0.1) is 12.3 Å². The predicted molar refractivity (Wildman–Crippen MR) is 87.0 cm³/mol. The molecule has 1 aliphatic rings. The van der Waals surface area contributed by atoms with E-state index in [2.05, 4.69) is 10.9 Å². The average Bonchev–Trinajstić information content (AvgIpc) is 2.81. The Morgan fingerprint density at radius 2 is 2.17 bits per heavy atom. The largest absolute Gasteiger partial charge is 0.394 e. The summed E-state index contributed by atoms with van der Waals surface area (Å²) in [5.74, 6) is 2.24. The molecule has 1 fully saturated rings. The predicted octanol–water partition coefficient (Wildman–Crippen LogP) is -2.72. The zero-order valence-electron chi connectivity index (χ0n) is 12.2. The number of aliphatic hydroxyl groups excluding tert-OH is 1. The van der Waals surface area contributed by atoms with Crippen LogP contribution in [-0.2, 0) is 20.4 Å². The summed E-state index contributed by atoms with van der Waals surface area (Å²) in [6.45, 7) is -4.90. The maximum atomic E-state index is 12.0. The van der Waals surface area contributed by atoms with Gasteiger partial charge in [0.05, 0.1) is 18.0 Å². The van der Waals surface area contributed by atoms with Crippen LogP contribution in [-0.4, -0.2) is 60.0 Å². The third-order valence-electron chi connectivity index (χ3n) is 3.27. The van der Waals surface area contributed by atoms with Crippen LogP contribution in [0.1, 0.15) is 6.23 Å². The fraction of sp³-hybridized carbons (Fsp3) is 0.500. The Hall–Kier alpha value is -1.22. The zero-order chi connectivity index (χ0) is 17.9. The molecule has 134 valence electrons. The maximum Gasteiger partial charge on any atom is 0.330 e. The summed E-state index contributed by atoms with van der Waals surface area (Å²) in [4.78, 5) is 53.2. The van der Waals surface area contributed by atoms with Gasteiger partial charge in [0.15, 0.2) is 6.23 Å². The average molecular weight is 380 g/mol. The lowest BCUT2D eigenvalue weighted by molar-refractivity contribution is -0.0674. The number of rotatable bonds is 5. The lowest BCUT2D eigenvalue weighted by Gasteiger charge is -2.23. The summed E-state index contributed by atoms with van der Waals surface area (Å²) >= 11 is 0. The molecule has 0 bridgehead atoms. The van der Waals surface area contributed by atoms with E-state index in [4.69, 9.17) is 15.9 Å². The van der Waals surface area contributed by atoms with E-state index < -0.39 is 48.3 Å². The topological polar surface area (TPSA) is 154 Å². The maximum absolute atomic E-state index is 12.0. The third-order valence-corrected chi connectivity index (χ3v) is 6.20. The van der Waals surface area contributed by atoms with Crippen LogP contribution in [0.5, 0.6) is 0 Å². The van der Waals surface area contributed by atoms with E-state index in [0.717, 1.165) is 10.6 Å². The molecule has 4 atom stereocenters. The first kappa shape index (κ1) is 19.1. The van der Waals surface area contributed by atoms with Gasteiger partial charge in [-0.3, -0.25) is 14.3 Å². The number of aliphatic hydroxyl groups is 1. The first-order valence-corrected chi connectivity index (χ1v) is 10.0. The first-order valence-electron chi connectivity index (χ1n) is 6.69. The summed E-state index contributed by atoms with van der Waals surface area (Å²) in [5, 5.41) is 8.59. The number of thiol groups is 1. The van der Waals surface area contributed by atoms with Gasteiger partial charge in [0.25, 0.3) is 12.3 Å². The molecule has 2 rings (SSSR count). The molecule has 1 aromatic heterocycles.